The summed E-state index contributed by atoms with van der Waals surface area (Å²) in [7, 11) is 0. The minimum Gasteiger partial charge on any atom is -0.490 e. The third kappa shape index (κ3) is 3.27. The van der Waals surface area contributed by atoms with Crippen LogP contribution in [0.25, 0.3) is 0 Å². The molecule has 106 valence electrons. The van der Waals surface area contributed by atoms with Crippen LogP contribution in [-0.4, -0.2) is 13.2 Å². The van der Waals surface area contributed by atoms with E-state index in [1.54, 1.807) is 24.3 Å². The minimum absolute atomic E-state index is 0.182. The van der Waals surface area contributed by atoms with Crippen molar-refractivity contribution in [3.63, 3.8) is 0 Å². The Bertz CT molecular complexity index is 560. The van der Waals surface area contributed by atoms with Crippen molar-refractivity contribution in [3.8, 4) is 11.5 Å². The first-order valence-electron chi connectivity index (χ1n) is 6.59. The molecule has 0 saturated heterocycles. The molecule has 3 nitrogen and oxygen atoms in total. The molecule has 1 atom stereocenters. The minimum atomic E-state index is -0.544. The molecule has 0 aliphatic carbocycles. The molecule has 2 aromatic carbocycles. The number of para-hydroxylation sites is 2. The molecule has 2 aromatic rings. The lowest BCUT2D eigenvalue weighted by Crippen LogP contribution is -2.20. The number of halogens is 1. The number of hydrogen-bond acceptors (Lipinski definition) is 3. The Balaban J connectivity index is 2.25. The van der Waals surface area contributed by atoms with Gasteiger partial charge in [0.2, 0.25) is 0 Å². The number of hydrogen-bond donors (Lipinski definition) is 1. The SMILES string of the molecule is CCOc1ccccc1OC(CN)c1ccccc1F. The topological polar surface area (TPSA) is 44.5 Å². The van der Waals surface area contributed by atoms with Crippen LogP contribution in [0.4, 0.5) is 4.39 Å². The summed E-state index contributed by atoms with van der Waals surface area (Å²) < 4.78 is 25.1. The zero-order valence-corrected chi connectivity index (χ0v) is 11.4. The Morgan fingerprint density at radius 3 is 2.35 bits per heavy atom. The first-order chi connectivity index (χ1) is 9.76. The molecular formula is C16H18FNO2. The predicted molar refractivity (Wildman–Crippen MR) is 76.4 cm³/mol. The highest BCUT2D eigenvalue weighted by Crippen LogP contribution is 2.31. The molecule has 0 bridgehead atoms. The normalized spacial score (nSPS) is 11.9. The maximum atomic E-state index is 13.8. The Hall–Kier alpha value is -2.07. The number of nitrogens with two attached hydrogens (primary N) is 1. The lowest BCUT2D eigenvalue weighted by molar-refractivity contribution is 0.196. The quantitative estimate of drug-likeness (QED) is 0.879. The molecule has 0 saturated carbocycles. The van der Waals surface area contributed by atoms with Gasteiger partial charge in [-0.1, -0.05) is 30.3 Å². The lowest BCUT2D eigenvalue weighted by atomic mass is 10.1. The van der Waals surface area contributed by atoms with Crippen molar-refractivity contribution in [2.75, 3.05) is 13.2 Å². The fourth-order valence-corrected chi connectivity index (χ4v) is 1.95. The Kier molecular flexibility index (Phi) is 4.96. The van der Waals surface area contributed by atoms with Crippen LogP contribution >= 0.6 is 0 Å². The van der Waals surface area contributed by atoms with Gasteiger partial charge >= 0.3 is 0 Å². The first kappa shape index (κ1) is 14.3. The molecule has 0 heterocycles. The van der Waals surface area contributed by atoms with Crippen molar-refractivity contribution in [3.05, 3.63) is 59.9 Å². The Labute approximate surface area is 118 Å². The van der Waals surface area contributed by atoms with Gasteiger partial charge in [0.15, 0.2) is 11.5 Å². The van der Waals surface area contributed by atoms with Crippen LogP contribution in [-0.2, 0) is 0 Å². The van der Waals surface area contributed by atoms with Crippen molar-refractivity contribution < 1.29 is 13.9 Å². The summed E-state index contributed by atoms with van der Waals surface area (Å²) >= 11 is 0. The highest BCUT2D eigenvalue weighted by atomic mass is 19.1. The molecule has 1 unspecified atom stereocenters. The van der Waals surface area contributed by atoms with Crippen LogP contribution in [0.3, 0.4) is 0 Å². The summed E-state index contributed by atoms with van der Waals surface area (Å²) in [6, 6.07) is 13.8. The van der Waals surface area contributed by atoms with E-state index in [-0.39, 0.29) is 12.4 Å². The summed E-state index contributed by atoms with van der Waals surface area (Å²) in [5, 5.41) is 0. The lowest BCUT2D eigenvalue weighted by Gasteiger charge is -2.20. The maximum Gasteiger partial charge on any atom is 0.162 e. The van der Waals surface area contributed by atoms with E-state index in [1.165, 1.54) is 6.07 Å². The van der Waals surface area contributed by atoms with Crippen LogP contribution in [0.15, 0.2) is 48.5 Å². The molecule has 0 aliphatic rings. The third-order valence-electron chi connectivity index (χ3n) is 2.88. The van der Waals surface area contributed by atoms with Crippen LogP contribution in [0.1, 0.15) is 18.6 Å². The number of rotatable bonds is 6. The molecule has 0 fully saturated rings. The molecule has 0 aromatic heterocycles. The average molecular weight is 275 g/mol. The van der Waals surface area contributed by atoms with Gasteiger partial charge in [0, 0.05) is 12.1 Å². The van der Waals surface area contributed by atoms with Gasteiger partial charge in [-0.05, 0) is 25.1 Å². The zero-order valence-electron chi connectivity index (χ0n) is 11.4. The van der Waals surface area contributed by atoms with E-state index in [0.29, 0.717) is 23.7 Å². The highest BCUT2D eigenvalue weighted by molar-refractivity contribution is 5.40. The van der Waals surface area contributed by atoms with E-state index in [4.69, 9.17) is 15.2 Å². The molecular weight excluding hydrogens is 257 g/mol. The fraction of sp³-hybridized carbons (Fsp3) is 0.250. The van der Waals surface area contributed by atoms with Crippen molar-refractivity contribution in [1.82, 2.24) is 0 Å². The van der Waals surface area contributed by atoms with Crippen LogP contribution in [0.5, 0.6) is 11.5 Å². The first-order valence-corrected chi connectivity index (χ1v) is 6.59. The molecule has 2 rings (SSSR count). The summed E-state index contributed by atoms with van der Waals surface area (Å²) in [6.07, 6.45) is -0.544. The van der Waals surface area contributed by atoms with Crippen molar-refractivity contribution in [1.29, 1.82) is 0 Å². The summed E-state index contributed by atoms with van der Waals surface area (Å²) in [4.78, 5) is 0. The van der Waals surface area contributed by atoms with Crippen LogP contribution < -0.4 is 15.2 Å². The van der Waals surface area contributed by atoms with E-state index >= 15 is 0 Å². The Morgan fingerprint density at radius 2 is 1.70 bits per heavy atom. The van der Waals surface area contributed by atoms with Crippen molar-refractivity contribution in [2.24, 2.45) is 5.73 Å². The summed E-state index contributed by atoms with van der Waals surface area (Å²) in [6.45, 7) is 2.61. The second kappa shape index (κ2) is 6.91. The van der Waals surface area contributed by atoms with E-state index in [1.807, 2.05) is 25.1 Å². The molecule has 0 spiro atoms. The van der Waals surface area contributed by atoms with Crippen LogP contribution in [0, 0.1) is 5.82 Å². The van der Waals surface area contributed by atoms with Gasteiger partial charge < -0.3 is 15.2 Å². The van der Waals surface area contributed by atoms with Gasteiger partial charge in [0.05, 0.1) is 6.61 Å². The average Bonchev–Trinajstić information content (AvgIpc) is 2.47. The second-order valence-corrected chi connectivity index (χ2v) is 4.24. The van der Waals surface area contributed by atoms with Crippen molar-refractivity contribution in [2.45, 2.75) is 13.0 Å². The largest absolute Gasteiger partial charge is 0.490 e. The van der Waals surface area contributed by atoms with Gasteiger partial charge in [-0.25, -0.2) is 4.39 Å². The monoisotopic (exact) mass is 275 g/mol. The van der Waals surface area contributed by atoms with E-state index < -0.39 is 6.10 Å². The highest BCUT2D eigenvalue weighted by Gasteiger charge is 2.17. The van der Waals surface area contributed by atoms with Gasteiger partial charge in [-0.15, -0.1) is 0 Å². The van der Waals surface area contributed by atoms with Gasteiger partial charge in [0.1, 0.15) is 11.9 Å². The zero-order chi connectivity index (χ0) is 14.4. The van der Waals surface area contributed by atoms with Gasteiger partial charge in [-0.2, -0.15) is 0 Å². The molecule has 4 heteroatoms. The Morgan fingerprint density at radius 1 is 1.05 bits per heavy atom. The molecule has 20 heavy (non-hydrogen) atoms. The fourth-order valence-electron chi connectivity index (χ4n) is 1.95. The third-order valence-corrected chi connectivity index (χ3v) is 2.88. The number of benzene rings is 2. The van der Waals surface area contributed by atoms with E-state index in [2.05, 4.69) is 0 Å². The maximum absolute atomic E-state index is 13.8. The predicted octanol–water partition coefficient (Wildman–Crippen LogP) is 3.30. The smallest absolute Gasteiger partial charge is 0.162 e. The van der Waals surface area contributed by atoms with Crippen LogP contribution in [0.2, 0.25) is 0 Å². The summed E-state index contributed by atoms with van der Waals surface area (Å²) in [5.74, 6) is 0.870. The second-order valence-electron chi connectivity index (χ2n) is 4.24. The van der Waals surface area contributed by atoms with Crippen molar-refractivity contribution >= 4 is 0 Å². The van der Waals surface area contributed by atoms with E-state index in [0.717, 1.165) is 0 Å². The van der Waals surface area contributed by atoms with Gasteiger partial charge in [-0.3, -0.25) is 0 Å². The summed E-state index contributed by atoms with van der Waals surface area (Å²) in [5.41, 5.74) is 6.16. The molecule has 0 amide bonds. The van der Waals surface area contributed by atoms with E-state index in [9.17, 15) is 4.39 Å². The molecule has 0 aliphatic heterocycles. The number of ether oxygens (including phenoxy) is 2. The molecule has 0 radical (unpaired) electrons. The van der Waals surface area contributed by atoms with Gasteiger partial charge in [0.25, 0.3) is 0 Å². The molecule has 2 N–H and O–H groups in total. The standard InChI is InChI=1S/C16H18FNO2/c1-2-19-14-9-5-6-10-15(14)20-16(11-18)12-7-3-4-8-13(12)17/h3-10,16H,2,11,18H2,1H3.